The lowest BCUT2D eigenvalue weighted by atomic mass is 10.1. The highest BCUT2D eigenvalue weighted by atomic mass is 32.2. The summed E-state index contributed by atoms with van der Waals surface area (Å²) in [5.41, 5.74) is 2.61. The normalized spacial score (nSPS) is 12.2. The third kappa shape index (κ3) is 3.54. The molecule has 1 aromatic carbocycles. The molecule has 0 aliphatic heterocycles. The summed E-state index contributed by atoms with van der Waals surface area (Å²) < 4.78 is 0.688. The van der Waals surface area contributed by atoms with E-state index in [1.54, 1.807) is 5.51 Å². The van der Waals surface area contributed by atoms with Crippen LogP contribution >= 0.6 is 23.1 Å². The lowest BCUT2D eigenvalue weighted by molar-refractivity contribution is -0.136. The number of thioether (sulfide) groups is 1. The Morgan fingerprint density at radius 1 is 1.41 bits per heavy atom. The minimum atomic E-state index is -0.825. The molecule has 1 N–H and O–H groups in total. The molecular formula is C11H10N2O2S2. The fraction of sp³-hybridized carbons (Fsp3) is 0.182. The second kappa shape index (κ2) is 5.79. The molecule has 4 nitrogen and oxygen atoms in total. The number of nitrogens with zero attached hydrogens (tertiary/aromatic N) is 2. The maximum absolute atomic E-state index is 11.2. The second-order valence-electron chi connectivity index (χ2n) is 3.34. The fourth-order valence-corrected chi connectivity index (χ4v) is 3.04. The van der Waals surface area contributed by atoms with E-state index in [1.807, 2.05) is 30.3 Å². The highest BCUT2D eigenvalue weighted by molar-refractivity contribution is 8.02. The average Bonchev–Trinajstić information content (AvgIpc) is 2.82. The van der Waals surface area contributed by atoms with Gasteiger partial charge in [0.25, 0.3) is 0 Å². The largest absolute Gasteiger partial charge is 0.480 e. The number of carbonyl (C=O) groups is 1. The van der Waals surface area contributed by atoms with E-state index in [2.05, 4.69) is 10.2 Å². The van der Waals surface area contributed by atoms with Crippen LogP contribution in [0.4, 0.5) is 0 Å². The Bertz CT molecular complexity index is 473. The van der Waals surface area contributed by atoms with Crippen molar-refractivity contribution in [1.82, 2.24) is 10.2 Å². The Morgan fingerprint density at radius 3 is 2.76 bits per heavy atom. The van der Waals surface area contributed by atoms with Crippen molar-refractivity contribution in [3.8, 4) is 0 Å². The van der Waals surface area contributed by atoms with E-state index in [9.17, 15) is 4.79 Å². The smallest absolute Gasteiger partial charge is 0.317 e. The minimum Gasteiger partial charge on any atom is -0.480 e. The van der Waals surface area contributed by atoms with Gasteiger partial charge in [-0.2, -0.15) is 0 Å². The van der Waals surface area contributed by atoms with Crippen LogP contribution in [-0.4, -0.2) is 26.5 Å². The van der Waals surface area contributed by atoms with Gasteiger partial charge in [0.05, 0.1) is 0 Å². The van der Waals surface area contributed by atoms with E-state index in [0.717, 1.165) is 5.56 Å². The van der Waals surface area contributed by atoms with Crippen LogP contribution in [-0.2, 0) is 11.2 Å². The van der Waals surface area contributed by atoms with E-state index in [4.69, 9.17) is 5.11 Å². The molecule has 0 bridgehead atoms. The Hall–Kier alpha value is -1.40. The first-order valence-electron chi connectivity index (χ1n) is 4.95. The molecule has 0 aliphatic carbocycles. The van der Waals surface area contributed by atoms with Crippen molar-refractivity contribution in [3.05, 3.63) is 41.4 Å². The van der Waals surface area contributed by atoms with E-state index >= 15 is 0 Å². The quantitative estimate of drug-likeness (QED) is 0.841. The van der Waals surface area contributed by atoms with Gasteiger partial charge < -0.3 is 5.11 Å². The molecule has 0 spiro atoms. The summed E-state index contributed by atoms with van der Waals surface area (Å²) in [6.45, 7) is 0. The maximum atomic E-state index is 11.2. The van der Waals surface area contributed by atoms with Gasteiger partial charge >= 0.3 is 5.97 Å². The highest BCUT2D eigenvalue weighted by Gasteiger charge is 2.20. The predicted octanol–water partition coefficient (Wildman–Crippen LogP) is 2.33. The first-order valence-corrected chi connectivity index (χ1v) is 6.71. The van der Waals surface area contributed by atoms with E-state index < -0.39 is 11.2 Å². The van der Waals surface area contributed by atoms with Crippen molar-refractivity contribution >= 4 is 29.1 Å². The molecule has 0 radical (unpaired) electrons. The lowest BCUT2D eigenvalue weighted by Gasteiger charge is -2.09. The molecule has 0 amide bonds. The Labute approximate surface area is 107 Å². The topological polar surface area (TPSA) is 63.1 Å². The summed E-state index contributed by atoms with van der Waals surface area (Å²) in [6.07, 6.45) is 0.487. The fourth-order valence-electron chi connectivity index (χ4n) is 1.34. The molecule has 2 aromatic rings. The zero-order valence-electron chi connectivity index (χ0n) is 8.81. The van der Waals surface area contributed by atoms with Crippen LogP contribution in [0.1, 0.15) is 5.56 Å². The van der Waals surface area contributed by atoms with Crippen LogP contribution in [0.3, 0.4) is 0 Å². The molecule has 17 heavy (non-hydrogen) atoms. The van der Waals surface area contributed by atoms with Crippen LogP contribution in [0.2, 0.25) is 0 Å². The van der Waals surface area contributed by atoms with Crippen LogP contribution in [0.25, 0.3) is 0 Å². The van der Waals surface area contributed by atoms with Gasteiger partial charge in [-0.25, -0.2) is 0 Å². The number of aliphatic carboxylic acids is 1. The SMILES string of the molecule is O=C(O)C(Cc1ccccc1)Sc1nncs1. The van der Waals surface area contributed by atoms with Gasteiger partial charge in [-0.05, 0) is 12.0 Å². The van der Waals surface area contributed by atoms with Crippen molar-refractivity contribution in [3.63, 3.8) is 0 Å². The number of benzene rings is 1. The maximum Gasteiger partial charge on any atom is 0.317 e. The van der Waals surface area contributed by atoms with Crippen molar-refractivity contribution in [1.29, 1.82) is 0 Å². The molecule has 1 unspecified atom stereocenters. The molecule has 0 aliphatic rings. The van der Waals surface area contributed by atoms with Crippen molar-refractivity contribution < 1.29 is 9.90 Å². The molecule has 6 heteroatoms. The van der Waals surface area contributed by atoms with Crippen molar-refractivity contribution in [2.75, 3.05) is 0 Å². The van der Waals surface area contributed by atoms with Gasteiger partial charge in [0.15, 0.2) is 4.34 Å². The summed E-state index contributed by atoms with van der Waals surface area (Å²) in [6, 6.07) is 9.58. The van der Waals surface area contributed by atoms with Crippen LogP contribution in [0.15, 0.2) is 40.2 Å². The molecular weight excluding hydrogens is 256 g/mol. The van der Waals surface area contributed by atoms with Gasteiger partial charge in [0.2, 0.25) is 0 Å². The first-order chi connectivity index (χ1) is 8.25. The monoisotopic (exact) mass is 266 g/mol. The summed E-state index contributed by atoms with van der Waals surface area (Å²) >= 11 is 2.60. The average molecular weight is 266 g/mol. The second-order valence-corrected chi connectivity index (χ2v) is 5.62. The third-order valence-electron chi connectivity index (χ3n) is 2.12. The van der Waals surface area contributed by atoms with E-state index in [1.165, 1.54) is 23.1 Å². The summed E-state index contributed by atoms with van der Waals surface area (Å²) in [4.78, 5) is 11.2. The molecule has 0 saturated carbocycles. The van der Waals surface area contributed by atoms with Gasteiger partial charge in [0, 0.05) is 0 Å². The summed E-state index contributed by atoms with van der Waals surface area (Å²) in [5, 5.41) is 16.2. The van der Waals surface area contributed by atoms with Crippen LogP contribution < -0.4 is 0 Å². The van der Waals surface area contributed by atoms with Gasteiger partial charge in [-0.15, -0.1) is 10.2 Å². The van der Waals surface area contributed by atoms with Gasteiger partial charge in [0.1, 0.15) is 10.8 Å². The number of carboxylic acid groups (broad SMARTS) is 1. The highest BCUT2D eigenvalue weighted by Crippen LogP contribution is 2.26. The van der Waals surface area contributed by atoms with Crippen LogP contribution in [0.5, 0.6) is 0 Å². The number of carboxylic acids is 1. The van der Waals surface area contributed by atoms with Gasteiger partial charge in [-0.3, -0.25) is 4.79 Å². The Kier molecular flexibility index (Phi) is 4.11. The molecule has 1 atom stereocenters. The standard InChI is InChI=1S/C11H10N2O2S2/c14-10(15)9(17-11-13-12-7-16-11)6-8-4-2-1-3-5-8/h1-5,7,9H,6H2,(H,14,15). The Balaban J connectivity index is 2.06. The predicted molar refractivity (Wildman–Crippen MR) is 67.3 cm³/mol. The Morgan fingerprint density at radius 2 is 2.18 bits per heavy atom. The third-order valence-corrected chi connectivity index (χ3v) is 4.12. The molecule has 88 valence electrons. The molecule has 0 saturated heterocycles. The molecule has 1 aromatic heterocycles. The van der Waals surface area contributed by atoms with Gasteiger partial charge in [-0.1, -0.05) is 53.4 Å². The number of hydrogen-bond acceptors (Lipinski definition) is 5. The minimum absolute atomic E-state index is 0.487. The number of rotatable bonds is 5. The van der Waals surface area contributed by atoms with Crippen molar-refractivity contribution in [2.45, 2.75) is 16.0 Å². The van der Waals surface area contributed by atoms with E-state index in [0.29, 0.717) is 10.8 Å². The van der Waals surface area contributed by atoms with Crippen molar-refractivity contribution in [2.24, 2.45) is 0 Å². The molecule has 1 heterocycles. The number of aromatic nitrogens is 2. The van der Waals surface area contributed by atoms with E-state index in [-0.39, 0.29) is 0 Å². The number of hydrogen-bond donors (Lipinski definition) is 1. The zero-order valence-corrected chi connectivity index (χ0v) is 10.4. The molecule has 0 fully saturated rings. The first kappa shape index (κ1) is 12.1. The summed E-state index contributed by atoms with van der Waals surface area (Å²) in [5.74, 6) is -0.825. The zero-order chi connectivity index (χ0) is 12.1. The molecule has 2 rings (SSSR count). The lowest BCUT2D eigenvalue weighted by Crippen LogP contribution is -2.19. The summed E-state index contributed by atoms with van der Waals surface area (Å²) in [7, 11) is 0. The van der Waals surface area contributed by atoms with Crippen LogP contribution in [0, 0.1) is 0 Å².